The van der Waals surface area contributed by atoms with Crippen LogP contribution < -0.4 is 0 Å². The summed E-state index contributed by atoms with van der Waals surface area (Å²) >= 11 is 0. The topological polar surface area (TPSA) is 20.2 Å². The van der Waals surface area contributed by atoms with E-state index in [0.29, 0.717) is 5.92 Å². The lowest BCUT2D eigenvalue weighted by Crippen LogP contribution is -2.42. The van der Waals surface area contributed by atoms with E-state index in [1.54, 1.807) is 0 Å². The van der Waals surface area contributed by atoms with Crippen LogP contribution in [0.4, 0.5) is 0 Å². The standard InChI is InChI=1S/C14H28O/c1-5-11(3)12-9-7-8-10-13(12)14(4,15)6-2/h11-13,15H,5-10H2,1-4H3/t11-,12+,13?,14?/m1/s1. The molecule has 1 N–H and O–H groups in total. The third-order valence-corrected chi connectivity index (χ3v) is 4.71. The Morgan fingerprint density at radius 2 is 1.87 bits per heavy atom. The normalized spacial score (nSPS) is 33.4. The van der Waals surface area contributed by atoms with Gasteiger partial charge in [0.2, 0.25) is 0 Å². The van der Waals surface area contributed by atoms with Crippen LogP contribution in [-0.2, 0) is 0 Å². The molecular weight excluding hydrogens is 184 g/mol. The van der Waals surface area contributed by atoms with E-state index in [2.05, 4.69) is 20.8 Å². The van der Waals surface area contributed by atoms with Crippen LogP contribution in [0, 0.1) is 17.8 Å². The van der Waals surface area contributed by atoms with Crippen LogP contribution in [0.25, 0.3) is 0 Å². The molecule has 0 bridgehead atoms. The molecule has 0 aromatic rings. The van der Waals surface area contributed by atoms with Crippen LogP contribution >= 0.6 is 0 Å². The molecule has 0 aromatic carbocycles. The molecule has 1 heteroatoms. The van der Waals surface area contributed by atoms with Crippen LogP contribution in [-0.4, -0.2) is 10.7 Å². The highest BCUT2D eigenvalue weighted by molar-refractivity contribution is 4.90. The molecule has 0 saturated heterocycles. The van der Waals surface area contributed by atoms with Crippen molar-refractivity contribution in [2.24, 2.45) is 17.8 Å². The van der Waals surface area contributed by atoms with Crippen molar-refractivity contribution >= 4 is 0 Å². The molecule has 0 spiro atoms. The summed E-state index contributed by atoms with van der Waals surface area (Å²) < 4.78 is 0. The lowest BCUT2D eigenvalue weighted by Gasteiger charge is -2.43. The first kappa shape index (κ1) is 13.0. The second-order valence-corrected chi connectivity index (χ2v) is 5.65. The van der Waals surface area contributed by atoms with Gasteiger partial charge in [-0.2, -0.15) is 0 Å². The van der Waals surface area contributed by atoms with Gasteiger partial charge in [0.25, 0.3) is 0 Å². The third-order valence-electron chi connectivity index (χ3n) is 4.71. The first-order valence-corrected chi connectivity index (χ1v) is 6.75. The highest BCUT2D eigenvalue weighted by atomic mass is 16.3. The van der Waals surface area contributed by atoms with Gasteiger partial charge in [-0.25, -0.2) is 0 Å². The van der Waals surface area contributed by atoms with Crippen LogP contribution in [0.1, 0.15) is 66.2 Å². The van der Waals surface area contributed by atoms with E-state index in [1.165, 1.54) is 32.1 Å². The van der Waals surface area contributed by atoms with Crippen molar-refractivity contribution in [1.82, 2.24) is 0 Å². The van der Waals surface area contributed by atoms with Gasteiger partial charge in [0.05, 0.1) is 5.60 Å². The Morgan fingerprint density at radius 3 is 2.40 bits per heavy atom. The minimum atomic E-state index is -0.436. The number of rotatable bonds is 4. The zero-order valence-electron chi connectivity index (χ0n) is 10.9. The van der Waals surface area contributed by atoms with E-state index in [-0.39, 0.29) is 0 Å². The largest absolute Gasteiger partial charge is 0.390 e. The summed E-state index contributed by atoms with van der Waals surface area (Å²) in [6.07, 6.45) is 7.39. The fourth-order valence-corrected chi connectivity index (χ4v) is 3.18. The molecule has 4 atom stereocenters. The molecule has 15 heavy (non-hydrogen) atoms. The Bertz CT molecular complexity index is 186. The van der Waals surface area contributed by atoms with Crippen LogP contribution in [0.3, 0.4) is 0 Å². The molecule has 1 aliphatic carbocycles. The van der Waals surface area contributed by atoms with Gasteiger partial charge >= 0.3 is 0 Å². The molecule has 1 fully saturated rings. The molecule has 90 valence electrons. The first-order valence-electron chi connectivity index (χ1n) is 6.75. The monoisotopic (exact) mass is 212 g/mol. The summed E-state index contributed by atoms with van der Waals surface area (Å²) in [5.74, 6) is 2.05. The van der Waals surface area contributed by atoms with Gasteiger partial charge in [0.15, 0.2) is 0 Å². The maximum atomic E-state index is 10.5. The number of hydrogen-bond acceptors (Lipinski definition) is 1. The van der Waals surface area contributed by atoms with Crippen LogP contribution in [0.2, 0.25) is 0 Å². The highest BCUT2D eigenvalue weighted by Crippen LogP contribution is 2.43. The molecule has 0 amide bonds. The molecule has 2 unspecified atom stereocenters. The van der Waals surface area contributed by atoms with Crippen molar-refractivity contribution in [3.8, 4) is 0 Å². The second kappa shape index (κ2) is 5.34. The van der Waals surface area contributed by atoms with E-state index < -0.39 is 5.60 Å². The maximum Gasteiger partial charge on any atom is 0.0647 e. The highest BCUT2D eigenvalue weighted by Gasteiger charge is 2.39. The number of aliphatic hydroxyl groups is 1. The van der Waals surface area contributed by atoms with Gasteiger partial charge in [0, 0.05) is 0 Å². The van der Waals surface area contributed by atoms with E-state index in [0.717, 1.165) is 18.3 Å². The van der Waals surface area contributed by atoms with Gasteiger partial charge in [-0.1, -0.05) is 40.0 Å². The Kier molecular flexibility index (Phi) is 4.64. The molecule has 1 rings (SSSR count). The molecule has 1 aliphatic rings. The third kappa shape index (κ3) is 2.96. The Morgan fingerprint density at radius 1 is 1.27 bits per heavy atom. The minimum Gasteiger partial charge on any atom is -0.390 e. The molecule has 0 aliphatic heterocycles. The van der Waals surface area contributed by atoms with Gasteiger partial charge in [-0.15, -0.1) is 0 Å². The van der Waals surface area contributed by atoms with Crippen molar-refractivity contribution in [2.45, 2.75) is 71.8 Å². The molecule has 0 heterocycles. The fourth-order valence-electron chi connectivity index (χ4n) is 3.18. The van der Waals surface area contributed by atoms with Crippen LogP contribution in [0.15, 0.2) is 0 Å². The summed E-state index contributed by atoms with van der Waals surface area (Å²) in [6.45, 7) is 8.78. The van der Waals surface area contributed by atoms with Crippen molar-refractivity contribution in [3.05, 3.63) is 0 Å². The van der Waals surface area contributed by atoms with E-state index in [9.17, 15) is 5.11 Å². The van der Waals surface area contributed by atoms with Crippen molar-refractivity contribution in [3.63, 3.8) is 0 Å². The van der Waals surface area contributed by atoms with Crippen molar-refractivity contribution in [1.29, 1.82) is 0 Å². The Balaban J connectivity index is 2.73. The zero-order chi connectivity index (χ0) is 11.5. The lowest BCUT2D eigenvalue weighted by atomic mass is 9.65. The summed E-state index contributed by atoms with van der Waals surface area (Å²) in [7, 11) is 0. The molecule has 1 saturated carbocycles. The van der Waals surface area contributed by atoms with Gasteiger partial charge < -0.3 is 5.11 Å². The molecule has 1 nitrogen and oxygen atoms in total. The zero-order valence-corrected chi connectivity index (χ0v) is 10.9. The van der Waals surface area contributed by atoms with Crippen LogP contribution in [0.5, 0.6) is 0 Å². The molecule has 0 aromatic heterocycles. The number of hydrogen-bond donors (Lipinski definition) is 1. The van der Waals surface area contributed by atoms with E-state index >= 15 is 0 Å². The predicted octanol–water partition coefficient (Wildman–Crippen LogP) is 4.00. The summed E-state index contributed by atoms with van der Waals surface area (Å²) in [5, 5.41) is 10.5. The minimum absolute atomic E-state index is 0.436. The average Bonchev–Trinajstić information content (AvgIpc) is 2.28. The SMILES string of the molecule is CC[C@@H](C)[C@@H]1CCCCC1C(C)(O)CC. The maximum absolute atomic E-state index is 10.5. The summed E-state index contributed by atoms with van der Waals surface area (Å²) in [4.78, 5) is 0. The second-order valence-electron chi connectivity index (χ2n) is 5.65. The van der Waals surface area contributed by atoms with E-state index in [4.69, 9.17) is 0 Å². The Hall–Kier alpha value is -0.0400. The van der Waals surface area contributed by atoms with Gasteiger partial charge in [0.1, 0.15) is 0 Å². The smallest absolute Gasteiger partial charge is 0.0647 e. The van der Waals surface area contributed by atoms with Crippen molar-refractivity contribution in [2.75, 3.05) is 0 Å². The quantitative estimate of drug-likeness (QED) is 0.747. The lowest BCUT2D eigenvalue weighted by molar-refractivity contribution is -0.0576. The molecular formula is C14H28O. The molecule has 0 radical (unpaired) electrons. The van der Waals surface area contributed by atoms with Gasteiger partial charge in [-0.3, -0.25) is 0 Å². The van der Waals surface area contributed by atoms with Crippen molar-refractivity contribution < 1.29 is 5.11 Å². The van der Waals surface area contributed by atoms with E-state index in [1.807, 2.05) is 6.92 Å². The fraction of sp³-hybridized carbons (Fsp3) is 1.00. The van der Waals surface area contributed by atoms with Gasteiger partial charge in [-0.05, 0) is 43.9 Å². The summed E-state index contributed by atoms with van der Waals surface area (Å²) in [6, 6.07) is 0. The Labute approximate surface area is 95.3 Å². The summed E-state index contributed by atoms with van der Waals surface area (Å²) in [5.41, 5.74) is -0.436. The predicted molar refractivity (Wildman–Crippen MR) is 65.8 cm³/mol. The first-order chi connectivity index (χ1) is 7.03. The average molecular weight is 212 g/mol.